The molecule has 0 bridgehead atoms. The lowest BCUT2D eigenvalue weighted by atomic mass is 10.2. The van der Waals surface area contributed by atoms with E-state index in [0.717, 1.165) is 13.1 Å². The maximum Gasteiger partial charge on any atom is 0.226 e. The Morgan fingerprint density at radius 1 is 1.36 bits per heavy atom. The van der Waals surface area contributed by atoms with Gasteiger partial charge in [0, 0.05) is 18.5 Å². The van der Waals surface area contributed by atoms with E-state index in [-0.39, 0.29) is 5.54 Å². The van der Waals surface area contributed by atoms with Crippen molar-refractivity contribution in [2.75, 3.05) is 20.1 Å². The lowest BCUT2D eigenvalue weighted by molar-refractivity contribution is -0.134. The normalized spacial score (nSPS) is 41.7. The van der Waals surface area contributed by atoms with Gasteiger partial charge < -0.3 is 10.2 Å². The third-order valence-corrected chi connectivity index (χ3v) is 4.49. The summed E-state index contributed by atoms with van der Waals surface area (Å²) in [6.45, 7) is 4.32. The number of nitrogens with zero attached hydrogens (tertiary/aromatic N) is 1. The molecule has 3 nitrogen and oxygen atoms in total. The number of amides is 1. The number of hydrogen-bond donors (Lipinski definition) is 1. The topological polar surface area (TPSA) is 32.3 Å². The summed E-state index contributed by atoms with van der Waals surface area (Å²) in [5.41, 5.74) is 0.210. The number of carbonyl (C=O) groups excluding carboxylic acids is 1. The summed E-state index contributed by atoms with van der Waals surface area (Å²) in [5, 5.41) is 3.33. The summed E-state index contributed by atoms with van der Waals surface area (Å²) < 4.78 is 0. The number of nitrogens with one attached hydrogen (secondary N) is 1. The van der Waals surface area contributed by atoms with Gasteiger partial charge in [-0.05, 0) is 44.7 Å². The summed E-state index contributed by atoms with van der Waals surface area (Å²) in [5.74, 6) is 2.08. The highest BCUT2D eigenvalue weighted by Crippen LogP contribution is 2.51. The molecule has 0 aromatic rings. The van der Waals surface area contributed by atoms with Crippen molar-refractivity contribution in [2.45, 2.75) is 25.3 Å². The van der Waals surface area contributed by atoms with E-state index in [4.69, 9.17) is 0 Å². The maximum absolute atomic E-state index is 12.1. The zero-order valence-corrected chi connectivity index (χ0v) is 8.92. The van der Waals surface area contributed by atoms with Crippen LogP contribution in [0.5, 0.6) is 0 Å². The fourth-order valence-corrected chi connectivity index (χ4v) is 2.79. The van der Waals surface area contributed by atoms with E-state index < -0.39 is 0 Å². The first kappa shape index (κ1) is 8.72. The van der Waals surface area contributed by atoms with Gasteiger partial charge in [-0.1, -0.05) is 0 Å². The minimum atomic E-state index is 0.210. The van der Waals surface area contributed by atoms with E-state index in [0.29, 0.717) is 23.7 Å². The van der Waals surface area contributed by atoms with Gasteiger partial charge in [0.25, 0.3) is 0 Å². The number of piperidine rings is 1. The van der Waals surface area contributed by atoms with Crippen molar-refractivity contribution in [2.24, 2.45) is 17.8 Å². The third-order valence-electron chi connectivity index (χ3n) is 4.49. The third kappa shape index (κ3) is 1.05. The highest BCUT2D eigenvalue weighted by atomic mass is 16.2. The molecule has 3 aliphatic rings. The second-order valence-electron chi connectivity index (χ2n) is 5.41. The van der Waals surface area contributed by atoms with Crippen LogP contribution in [-0.2, 0) is 4.79 Å². The van der Waals surface area contributed by atoms with Crippen molar-refractivity contribution in [3.63, 3.8) is 0 Å². The molecule has 1 N–H and O–H groups in total. The number of rotatable bonds is 2. The molecule has 14 heavy (non-hydrogen) atoms. The van der Waals surface area contributed by atoms with Crippen LogP contribution in [0.1, 0.15) is 19.8 Å². The van der Waals surface area contributed by atoms with Crippen LogP contribution in [0, 0.1) is 17.8 Å². The smallest absolute Gasteiger partial charge is 0.226 e. The molecule has 1 saturated heterocycles. The molecule has 2 saturated carbocycles. The maximum atomic E-state index is 12.1. The Kier molecular flexibility index (Phi) is 1.56. The Bertz CT molecular complexity index is 275. The first-order chi connectivity index (χ1) is 6.63. The van der Waals surface area contributed by atoms with E-state index in [1.54, 1.807) is 0 Å². The second-order valence-corrected chi connectivity index (χ2v) is 5.41. The number of carbonyl (C=O) groups is 1. The molecule has 0 aromatic carbocycles. The van der Waals surface area contributed by atoms with Gasteiger partial charge in [-0.15, -0.1) is 0 Å². The van der Waals surface area contributed by atoms with Crippen LogP contribution in [0.2, 0.25) is 0 Å². The van der Waals surface area contributed by atoms with E-state index >= 15 is 0 Å². The molecule has 1 heterocycles. The Morgan fingerprint density at radius 2 is 1.93 bits per heavy atom. The van der Waals surface area contributed by atoms with Crippen LogP contribution < -0.4 is 5.32 Å². The molecule has 3 rings (SSSR count). The minimum absolute atomic E-state index is 0.210. The second kappa shape index (κ2) is 2.51. The Labute approximate surface area is 84.8 Å². The highest BCUT2D eigenvalue weighted by molar-refractivity contribution is 5.83. The van der Waals surface area contributed by atoms with Crippen LogP contribution in [0.25, 0.3) is 0 Å². The van der Waals surface area contributed by atoms with E-state index in [9.17, 15) is 4.79 Å². The zero-order valence-electron chi connectivity index (χ0n) is 8.92. The van der Waals surface area contributed by atoms with Gasteiger partial charge in [-0.2, -0.15) is 0 Å². The molecule has 78 valence electrons. The molecular formula is C11H18N2O. The Hall–Kier alpha value is -0.570. The van der Waals surface area contributed by atoms with Crippen molar-refractivity contribution >= 4 is 5.91 Å². The van der Waals surface area contributed by atoms with Crippen molar-refractivity contribution in [1.29, 1.82) is 0 Å². The summed E-state index contributed by atoms with van der Waals surface area (Å²) in [6, 6.07) is 0. The van der Waals surface area contributed by atoms with Crippen LogP contribution >= 0.6 is 0 Å². The summed E-state index contributed by atoms with van der Waals surface area (Å²) in [4.78, 5) is 14.1. The van der Waals surface area contributed by atoms with Gasteiger partial charge in [0.2, 0.25) is 5.91 Å². The molecule has 1 amide bonds. The van der Waals surface area contributed by atoms with Crippen LogP contribution in [0.15, 0.2) is 0 Å². The Balaban J connectivity index is 1.66. The Morgan fingerprint density at radius 3 is 2.43 bits per heavy atom. The van der Waals surface area contributed by atoms with Gasteiger partial charge in [-0.25, -0.2) is 0 Å². The number of hydrogen-bond acceptors (Lipinski definition) is 2. The SMILES string of the molecule is CN(C(=O)C1[C@H]2CNC[C@@H]12)C1(C)CC1. The number of fused-ring (bicyclic) bond motifs is 1. The lowest BCUT2D eigenvalue weighted by Gasteiger charge is -2.25. The van der Waals surface area contributed by atoms with Crippen LogP contribution in [-0.4, -0.2) is 36.5 Å². The first-order valence-corrected chi connectivity index (χ1v) is 5.62. The average Bonchev–Trinajstić information content (AvgIpc) is 3.04. The summed E-state index contributed by atoms with van der Waals surface area (Å²) in [7, 11) is 1.98. The molecular weight excluding hydrogens is 176 g/mol. The van der Waals surface area contributed by atoms with Crippen molar-refractivity contribution in [3.8, 4) is 0 Å². The fourth-order valence-electron chi connectivity index (χ4n) is 2.79. The predicted molar refractivity (Wildman–Crippen MR) is 53.7 cm³/mol. The fraction of sp³-hybridized carbons (Fsp3) is 0.909. The van der Waals surface area contributed by atoms with Gasteiger partial charge in [0.05, 0.1) is 0 Å². The molecule has 3 heteroatoms. The molecule has 3 atom stereocenters. The molecule has 1 aliphatic heterocycles. The molecule has 1 unspecified atom stereocenters. The van der Waals surface area contributed by atoms with Crippen LogP contribution in [0.4, 0.5) is 0 Å². The van der Waals surface area contributed by atoms with E-state index in [1.807, 2.05) is 11.9 Å². The molecule has 3 fully saturated rings. The monoisotopic (exact) mass is 194 g/mol. The largest absolute Gasteiger partial charge is 0.340 e. The van der Waals surface area contributed by atoms with Gasteiger partial charge in [0.1, 0.15) is 0 Å². The van der Waals surface area contributed by atoms with Gasteiger partial charge in [-0.3, -0.25) is 4.79 Å². The first-order valence-electron chi connectivity index (χ1n) is 5.62. The van der Waals surface area contributed by atoms with Crippen LogP contribution in [0.3, 0.4) is 0 Å². The highest BCUT2D eigenvalue weighted by Gasteiger charge is 2.59. The molecule has 0 radical (unpaired) electrons. The minimum Gasteiger partial charge on any atom is -0.340 e. The molecule has 0 aromatic heterocycles. The van der Waals surface area contributed by atoms with Crippen molar-refractivity contribution in [1.82, 2.24) is 10.2 Å². The summed E-state index contributed by atoms with van der Waals surface area (Å²) >= 11 is 0. The molecule has 0 spiro atoms. The predicted octanol–water partition coefficient (Wildman–Crippen LogP) is 0.463. The van der Waals surface area contributed by atoms with E-state index in [1.165, 1.54) is 12.8 Å². The van der Waals surface area contributed by atoms with Crippen molar-refractivity contribution < 1.29 is 4.79 Å². The van der Waals surface area contributed by atoms with Gasteiger partial charge in [0.15, 0.2) is 0 Å². The van der Waals surface area contributed by atoms with Crippen molar-refractivity contribution in [3.05, 3.63) is 0 Å². The lowest BCUT2D eigenvalue weighted by Crippen LogP contribution is -2.39. The zero-order chi connectivity index (χ0) is 9.92. The molecule has 2 aliphatic carbocycles. The quantitative estimate of drug-likeness (QED) is 0.693. The summed E-state index contributed by atoms with van der Waals surface area (Å²) in [6.07, 6.45) is 2.38. The van der Waals surface area contributed by atoms with E-state index in [2.05, 4.69) is 12.2 Å². The average molecular weight is 194 g/mol. The van der Waals surface area contributed by atoms with Gasteiger partial charge >= 0.3 is 0 Å². The standard InChI is InChI=1S/C11H18N2O/c1-11(3-4-11)13(2)10(14)9-7-5-12-6-8(7)9/h7-9,12H,3-6H2,1-2H3/t7-,8+,9?.